The molecular formula is C12H12ClN3O. The standard InChI is InChI=1S/C12H12ClN3O/c1-6-10-9(5-17)11(13)16(8-3-4-8)12(10)15-7(2)14-6/h5,8H,3-4H2,1-2H3. The summed E-state index contributed by atoms with van der Waals surface area (Å²) >= 11 is 6.28. The molecule has 4 nitrogen and oxygen atoms in total. The van der Waals surface area contributed by atoms with Crippen LogP contribution >= 0.6 is 11.6 Å². The molecule has 1 aliphatic carbocycles. The van der Waals surface area contributed by atoms with Crippen LogP contribution in [0.5, 0.6) is 0 Å². The Morgan fingerprint density at radius 3 is 2.65 bits per heavy atom. The van der Waals surface area contributed by atoms with Crippen molar-refractivity contribution in [3.8, 4) is 0 Å². The molecule has 0 N–H and O–H groups in total. The van der Waals surface area contributed by atoms with Crippen molar-refractivity contribution in [3.05, 3.63) is 22.2 Å². The Hall–Kier alpha value is -1.42. The van der Waals surface area contributed by atoms with Crippen molar-refractivity contribution in [1.82, 2.24) is 14.5 Å². The third-order valence-electron chi connectivity index (χ3n) is 3.14. The van der Waals surface area contributed by atoms with Crippen molar-refractivity contribution in [3.63, 3.8) is 0 Å². The number of carbonyl (C=O) groups is 1. The summed E-state index contributed by atoms with van der Waals surface area (Å²) in [5.74, 6) is 0.712. The lowest BCUT2D eigenvalue weighted by Crippen LogP contribution is -1.98. The second-order valence-electron chi connectivity index (χ2n) is 4.48. The van der Waals surface area contributed by atoms with Gasteiger partial charge < -0.3 is 4.57 Å². The van der Waals surface area contributed by atoms with Gasteiger partial charge in [-0.3, -0.25) is 4.79 Å². The lowest BCUT2D eigenvalue weighted by Gasteiger charge is -2.04. The third-order valence-corrected chi connectivity index (χ3v) is 3.53. The van der Waals surface area contributed by atoms with E-state index in [1.807, 2.05) is 18.4 Å². The van der Waals surface area contributed by atoms with Crippen molar-refractivity contribution in [2.75, 3.05) is 0 Å². The van der Waals surface area contributed by atoms with E-state index in [0.717, 1.165) is 35.9 Å². The van der Waals surface area contributed by atoms with Gasteiger partial charge in [0.25, 0.3) is 0 Å². The molecule has 1 saturated carbocycles. The normalized spacial score (nSPS) is 15.5. The molecule has 0 aliphatic heterocycles. The fourth-order valence-corrected chi connectivity index (χ4v) is 2.64. The lowest BCUT2D eigenvalue weighted by molar-refractivity contribution is 0.112. The van der Waals surface area contributed by atoms with E-state index in [2.05, 4.69) is 9.97 Å². The number of aldehydes is 1. The number of hydrogen-bond donors (Lipinski definition) is 0. The van der Waals surface area contributed by atoms with Crippen LogP contribution in [0.1, 0.15) is 40.8 Å². The van der Waals surface area contributed by atoms with Gasteiger partial charge in [0.15, 0.2) is 6.29 Å². The van der Waals surface area contributed by atoms with Crippen LogP contribution in [0.2, 0.25) is 5.15 Å². The molecule has 0 spiro atoms. The van der Waals surface area contributed by atoms with Crippen molar-refractivity contribution >= 4 is 28.9 Å². The molecule has 0 amide bonds. The Bertz CT molecular complexity index is 628. The molecule has 0 radical (unpaired) electrons. The second-order valence-corrected chi connectivity index (χ2v) is 4.84. The minimum Gasteiger partial charge on any atom is -0.313 e. The van der Waals surface area contributed by atoms with Gasteiger partial charge >= 0.3 is 0 Å². The molecule has 3 rings (SSSR count). The fourth-order valence-electron chi connectivity index (χ4n) is 2.28. The fraction of sp³-hybridized carbons (Fsp3) is 0.417. The first-order valence-corrected chi connectivity index (χ1v) is 6.01. The highest BCUT2D eigenvalue weighted by atomic mass is 35.5. The van der Waals surface area contributed by atoms with Gasteiger partial charge in [-0.15, -0.1) is 0 Å². The van der Waals surface area contributed by atoms with Gasteiger partial charge in [0, 0.05) is 6.04 Å². The van der Waals surface area contributed by atoms with Gasteiger partial charge in [-0.25, -0.2) is 9.97 Å². The van der Waals surface area contributed by atoms with Crippen LogP contribution in [0.4, 0.5) is 0 Å². The number of nitrogens with zero attached hydrogens (tertiary/aromatic N) is 3. The van der Waals surface area contributed by atoms with E-state index in [1.54, 1.807) is 0 Å². The highest BCUT2D eigenvalue weighted by Gasteiger charge is 2.30. The largest absolute Gasteiger partial charge is 0.313 e. The number of aryl methyl sites for hydroxylation is 2. The maximum absolute atomic E-state index is 11.2. The second kappa shape index (κ2) is 3.53. The Kier molecular flexibility index (Phi) is 2.23. The summed E-state index contributed by atoms with van der Waals surface area (Å²) in [4.78, 5) is 19.9. The van der Waals surface area contributed by atoms with Crippen LogP contribution in [-0.4, -0.2) is 20.8 Å². The monoisotopic (exact) mass is 249 g/mol. The summed E-state index contributed by atoms with van der Waals surface area (Å²) in [6.45, 7) is 3.74. The van der Waals surface area contributed by atoms with E-state index in [9.17, 15) is 4.79 Å². The van der Waals surface area contributed by atoms with Crippen LogP contribution in [0.25, 0.3) is 11.0 Å². The Morgan fingerprint density at radius 2 is 2.06 bits per heavy atom. The smallest absolute Gasteiger partial charge is 0.153 e. The van der Waals surface area contributed by atoms with Gasteiger partial charge in [-0.2, -0.15) is 0 Å². The summed E-state index contributed by atoms with van der Waals surface area (Å²) in [5.41, 5.74) is 2.13. The molecule has 0 unspecified atom stereocenters. The van der Waals surface area contributed by atoms with E-state index in [1.165, 1.54) is 0 Å². The highest BCUT2D eigenvalue weighted by Crippen LogP contribution is 2.42. The van der Waals surface area contributed by atoms with Crippen LogP contribution in [-0.2, 0) is 0 Å². The van der Waals surface area contributed by atoms with E-state index in [-0.39, 0.29) is 0 Å². The predicted octanol–water partition coefficient (Wildman–Crippen LogP) is 2.85. The summed E-state index contributed by atoms with van der Waals surface area (Å²) < 4.78 is 1.97. The SMILES string of the molecule is Cc1nc(C)c2c(C=O)c(Cl)n(C3CC3)c2n1. The van der Waals surface area contributed by atoms with Gasteiger partial charge in [-0.1, -0.05) is 11.6 Å². The molecule has 5 heteroatoms. The van der Waals surface area contributed by atoms with E-state index in [4.69, 9.17) is 11.6 Å². The third kappa shape index (κ3) is 1.47. The van der Waals surface area contributed by atoms with Crippen LogP contribution < -0.4 is 0 Å². The van der Waals surface area contributed by atoms with Crippen molar-refractivity contribution in [2.45, 2.75) is 32.7 Å². The zero-order valence-corrected chi connectivity index (χ0v) is 10.5. The molecule has 2 heterocycles. The molecule has 0 saturated heterocycles. The highest BCUT2D eigenvalue weighted by molar-refractivity contribution is 6.34. The first-order valence-electron chi connectivity index (χ1n) is 5.63. The number of rotatable bonds is 2. The van der Waals surface area contributed by atoms with Gasteiger partial charge in [0.2, 0.25) is 0 Å². The van der Waals surface area contributed by atoms with Gasteiger partial charge in [0.1, 0.15) is 16.6 Å². The van der Waals surface area contributed by atoms with Crippen LogP contribution in [0.15, 0.2) is 0 Å². The van der Waals surface area contributed by atoms with E-state index >= 15 is 0 Å². The molecule has 88 valence electrons. The number of hydrogen-bond acceptors (Lipinski definition) is 3. The van der Waals surface area contributed by atoms with Crippen LogP contribution in [0.3, 0.4) is 0 Å². The maximum Gasteiger partial charge on any atom is 0.153 e. The number of aromatic nitrogens is 3. The van der Waals surface area contributed by atoms with E-state index in [0.29, 0.717) is 22.6 Å². The van der Waals surface area contributed by atoms with Crippen molar-refractivity contribution in [2.24, 2.45) is 0 Å². The minimum atomic E-state index is 0.396. The predicted molar refractivity (Wildman–Crippen MR) is 65.7 cm³/mol. The minimum absolute atomic E-state index is 0.396. The summed E-state index contributed by atoms with van der Waals surface area (Å²) in [6.07, 6.45) is 3.00. The molecule has 0 aromatic carbocycles. The first kappa shape index (κ1) is 10.7. The molecule has 1 fully saturated rings. The number of halogens is 1. The van der Waals surface area contributed by atoms with E-state index < -0.39 is 0 Å². The zero-order valence-electron chi connectivity index (χ0n) is 9.70. The average molecular weight is 250 g/mol. The topological polar surface area (TPSA) is 47.8 Å². The quantitative estimate of drug-likeness (QED) is 0.769. The number of carbonyl (C=O) groups excluding carboxylic acids is 1. The van der Waals surface area contributed by atoms with Crippen LogP contribution in [0, 0.1) is 13.8 Å². The summed E-state index contributed by atoms with van der Waals surface area (Å²) in [7, 11) is 0. The Morgan fingerprint density at radius 1 is 1.35 bits per heavy atom. The molecule has 17 heavy (non-hydrogen) atoms. The summed E-state index contributed by atoms with van der Waals surface area (Å²) in [5, 5.41) is 1.29. The maximum atomic E-state index is 11.2. The molecule has 2 aromatic rings. The molecule has 0 bridgehead atoms. The molecule has 2 aromatic heterocycles. The van der Waals surface area contributed by atoms with Crippen molar-refractivity contribution < 1.29 is 4.79 Å². The average Bonchev–Trinajstić information content (AvgIpc) is 3.03. The molecular weight excluding hydrogens is 238 g/mol. The molecule has 0 atom stereocenters. The zero-order chi connectivity index (χ0) is 12.2. The lowest BCUT2D eigenvalue weighted by atomic mass is 10.2. The summed E-state index contributed by atoms with van der Waals surface area (Å²) in [6, 6.07) is 0.396. The van der Waals surface area contributed by atoms with Crippen molar-refractivity contribution in [1.29, 1.82) is 0 Å². The van der Waals surface area contributed by atoms with Gasteiger partial charge in [-0.05, 0) is 26.7 Å². The Labute approximate surface area is 104 Å². The molecule has 1 aliphatic rings. The first-order chi connectivity index (χ1) is 8.13. The number of fused-ring (bicyclic) bond motifs is 1. The van der Waals surface area contributed by atoms with Gasteiger partial charge in [0.05, 0.1) is 16.6 Å². The Balaban J connectivity index is 2.47.